The summed E-state index contributed by atoms with van der Waals surface area (Å²) in [7, 11) is 0. The zero-order valence-corrected chi connectivity index (χ0v) is 18.4. The molecule has 164 valence electrons. The molecular formula is C27H29N3O2. The molecule has 0 saturated carbocycles. The summed E-state index contributed by atoms with van der Waals surface area (Å²) in [6.45, 7) is 3.34. The first-order valence-corrected chi connectivity index (χ1v) is 11.2. The summed E-state index contributed by atoms with van der Waals surface area (Å²) in [5.74, 6) is -0.114. The Kier molecular flexibility index (Phi) is 6.85. The maximum Gasteiger partial charge on any atom is 0.326 e. The van der Waals surface area contributed by atoms with E-state index in [-0.39, 0.29) is 11.9 Å². The predicted molar refractivity (Wildman–Crippen MR) is 129 cm³/mol. The number of aryl methyl sites for hydroxylation is 2. The second kappa shape index (κ2) is 10.1. The van der Waals surface area contributed by atoms with Gasteiger partial charge in [0.05, 0.1) is 0 Å². The Morgan fingerprint density at radius 2 is 1.75 bits per heavy atom. The first-order chi connectivity index (χ1) is 15.6. The number of nitrogens with one attached hydrogen (secondary N) is 2. The van der Waals surface area contributed by atoms with Gasteiger partial charge in [-0.3, -0.25) is 9.69 Å². The van der Waals surface area contributed by atoms with Crippen molar-refractivity contribution in [2.75, 3.05) is 23.3 Å². The lowest BCUT2D eigenvalue weighted by Crippen LogP contribution is -2.35. The predicted octanol–water partition coefficient (Wildman–Crippen LogP) is 5.34. The Hall–Kier alpha value is -3.60. The Balaban J connectivity index is 1.33. The molecule has 0 bridgehead atoms. The van der Waals surface area contributed by atoms with Gasteiger partial charge in [-0.1, -0.05) is 48.0 Å². The van der Waals surface area contributed by atoms with Crippen LogP contribution in [0.3, 0.4) is 0 Å². The van der Waals surface area contributed by atoms with Crippen LogP contribution in [0.15, 0.2) is 72.8 Å². The molecule has 4 rings (SSSR count). The van der Waals surface area contributed by atoms with Crippen LogP contribution in [-0.2, 0) is 12.8 Å². The van der Waals surface area contributed by atoms with Gasteiger partial charge < -0.3 is 10.6 Å². The Bertz CT molecular complexity index is 1090. The number of amides is 3. The Labute approximate surface area is 189 Å². The number of fused-ring (bicyclic) bond motifs is 1. The van der Waals surface area contributed by atoms with E-state index in [9.17, 15) is 9.59 Å². The van der Waals surface area contributed by atoms with Gasteiger partial charge in [0.2, 0.25) is 0 Å². The van der Waals surface area contributed by atoms with E-state index in [1.807, 2.05) is 29.2 Å². The third-order valence-corrected chi connectivity index (χ3v) is 5.79. The van der Waals surface area contributed by atoms with E-state index in [0.717, 1.165) is 31.4 Å². The zero-order valence-electron chi connectivity index (χ0n) is 18.4. The number of urea groups is 1. The average Bonchev–Trinajstić information content (AvgIpc) is 3.02. The van der Waals surface area contributed by atoms with Gasteiger partial charge in [-0.25, -0.2) is 4.79 Å². The van der Waals surface area contributed by atoms with Crippen LogP contribution < -0.4 is 15.5 Å². The molecule has 3 aromatic rings. The number of hydrogen-bond acceptors (Lipinski definition) is 2. The molecule has 0 fully saturated rings. The molecule has 0 radical (unpaired) electrons. The van der Waals surface area contributed by atoms with Crippen LogP contribution in [0.1, 0.15) is 39.9 Å². The van der Waals surface area contributed by atoms with E-state index in [2.05, 4.69) is 41.8 Å². The molecule has 0 atom stereocenters. The molecule has 1 aliphatic rings. The molecular weight excluding hydrogens is 398 g/mol. The summed E-state index contributed by atoms with van der Waals surface area (Å²) in [5.41, 5.74) is 5.86. The molecule has 1 heterocycles. The Morgan fingerprint density at radius 3 is 2.56 bits per heavy atom. The molecule has 0 saturated heterocycles. The van der Waals surface area contributed by atoms with E-state index >= 15 is 0 Å². The molecule has 0 aromatic heterocycles. The highest BCUT2D eigenvalue weighted by molar-refractivity contribution is 6.02. The van der Waals surface area contributed by atoms with Gasteiger partial charge in [0.1, 0.15) is 0 Å². The molecule has 5 heteroatoms. The Morgan fingerprint density at radius 1 is 0.938 bits per heavy atom. The number of anilines is 2. The summed E-state index contributed by atoms with van der Waals surface area (Å²) < 4.78 is 0. The number of benzene rings is 3. The average molecular weight is 428 g/mol. The van der Waals surface area contributed by atoms with Gasteiger partial charge >= 0.3 is 6.03 Å². The quantitative estimate of drug-likeness (QED) is 0.577. The van der Waals surface area contributed by atoms with Gasteiger partial charge in [-0.2, -0.15) is 0 Å². The fourth-order valence-electron chi connectivity index (χ4n) is 4.09. The monoisotopic (exact) mass is 427 g/mol. The highest BCUT2D eigenvalue weighted by atomic mass is 16.2. The minimum Gasteiger partial charge on any atom is -0.352 e. The van der Waals surface area contributed by atoms with E-state index < -0.39 is 0 Å². The first kappa shape index (κ1) is 21.6. The molecule has 32 heavy (non-hydrogen) atoms. The van der Waals surface area contributed by atoms with Gasteiger partial charge in [0, 0.05) is 30.0 Å². The van der Waals surface area contributed by atoms with Gasteiger partial charge in [0.25, 0.3) is 5.91 Å². The van der Waals surface area contributed by atoms with Crippen LogP contribution in [0.5, 0.6) is 0 Å². The van der Waals surface area contributed by atoms with Crippen molar-refractivity contribution in [2.45, 2.75) is 32.6 Å². The normalized spacial score (nSPS) is 13.1. The first-order valence-electron chi connectivity index (χ1n) is 11.2. The third-order valence-electron chi connectivity index (χ3n) is 5.79. The smallest absolute Gasteiger partial charge is 0.326 e. The summed E-state index contributed by atoms with van der Waals surface area (Å²) >= 11 is 0. The van der Waals surface area contributed by atoms with E-state index in [0.29, 0.717) is 24.3 Å². The molecule has 3 aromatic carbocycles. The lowest BCUT2D eigenvalue weighted by atomic mass is 10.1. The highest BCUT2D eigenvalue weighted by Crippen LogP contribution is 2.26. The zero-order chi connectivity index (χ0) is 22.3. The van der Waals surface area contributed by atoms with E-state index in [1.54, 1.807) is 24.3 Å². The van der Waals surface area contributed by atoms with Crippen LogP contribution in [-0.4, -0.2) is 25.0 Å². The fraction of sp³-hybridized carbons (Fsp3) is 0.259. The van der Waals surface area contributed by atoms with Crippen LogP contribution in [0.25, 0.3) is 0 Å². The summed E-state index contributed by atoms with van der Waals surface area (Å²) in [6.07, 6.45) is 3.84. The summed E-state index contributed by atoms with van der Waals surface area (Å²) in [6, 6.07) is 23.3. The second-order valence-corrected chi connectivity index (χ2v) is 8.24. The molecule has 0 spiro atoms. The van der Waals surface area contributed by atoms with Crippen molar-refractivity contribution >= 4 is 23.3 Å². The van der Waals surface area contributed by atoms with Crippen molar-refractivity contribution in [2.24, 2.45) is 0 Å². The highest BCUT2D eigenvalue weighted by Gasteiger charge is 2.21. The largest absolute Gasteiger partial charge is 0.352 e. The fourth-order valence-corrected chi connectivity index (χ4v) is 4.09. The van der Waals surface area contributed by atoms with Gasteiger partial charge in [0.15, 0.2) is 0 Å². The lowest BCUT2D eigenvalue weighted by Gasteiger charge is -2.23. The van der Waals surface area contributed by atoms with Crippen LogP contribution in [0.2, 0.25) is 0 Å². The van der Waals surface area contributed by atoms with Crippen LogP contribution in [0, 0.1) is 6.92 Å². The number of rotatable bonds is 5. The molecule has 1 aliphatic heterocycles. The van der Waals surface area contributed by atoms with Crippen molar-refractivity contribution in [3.05, 3.63) is 95.1 Å². The second-order valence-electron chi connectivity index (χ2n) is 8.24. The van der Waals surface area contributed by atoms with Crippen molar-refractivity contribution in [3.8, 4) is 0 Å². The molecule has 2 N–H and O–H groups in total. The topological polar surface area (TPSA) is 61.4 Å². The minimum atomic E-state index is -0.144. The van der Waals surface area contributed by atoms with Crippen molar-refractivity contribution < 1.29 is 9.59 Å². The number of para-hydroxylation sites is 1. The SMILES string of the molecule is Cc1cccc(CCNC(=O)c2ccc(NC(=O)N3CCCCc4ccccc43)cc2)c1. The van der Waals surface area contributed by atoms with E-state index in [4.69, 9.17) is 0 Å². The van der Waals surface area contributed by atoms with E-state index in [1.165, 1.54) is 16.7 Å². The maximum absolute atomic E-state index is 12.9. The molecule has 5 nitrogen and oxygen atoms in total. The number of carbonyl (C=O) groups excluding carboxylic acids is 2. The van der Waals surface area contributed by atoms with Crippen molar-refractivity contribution in [1.29, 1.82) is 0 Å². The van der Waals surface area contributed by atoms with Crippen LogP contribution >= 0.6 is 0 Å². The van der Waals surface area contributed by atoms with Crippen molar-refractivity contribution in [1.82, 2.24) is 5.32 Å². The summed E-state index contributed by atoms with van der Waals surface area (Å²) in [5, 5.41) is 5.93. The standard InChI is InChI=1S/C27H29N3O2/c1-20-7-6-8-21(19-20)16-17-28-26(31)23-12-14-24(15-13-23)29-27(32)30-18-5-4-10-22-9-2-3-11-25(22)30/h2-3,6-9,11-15,19H,4-5,10,16-18H2,1H3,(H,28,31)(H,29,32). The summed E-state index contributed by atoms with van der Waals surface area (Å²) in [4.78, 5) is 27.2. The van der Waals surface area contributed by atoms with Gasteiger partial charge in [-0.05, 0) is 74.1 Å². The lowest BCUT2D eigenvalue weighted by molar-refractivity contribution is 0.0954. The van der Waals surface area contributed by atoms with Crippen molar-refractivity contribution in [3.63, 3.8) is 0 Å². The minimum absolute atomic E-state index is 0.114. The number of nitrogens with zero attached hydrogens (tertiary/aromatic N) is 1. The molecule has 0 unspecified atom stereocenters. The number of hydrogen-bond donors (Lipinski definition) is 2. The molecule has 3 amide bonds. The molecule has 0 aliphatic carbocycles. The number of carbonyl (C=O) groups is 2. The van der Waals surface area contributed by atoms with Gasteiger partial charge in [-0.15, -0.1) is 0 Å². The van der Waals surface area contributed by atoms with Crippen LogP contribution in [0.4, 0.5) is 16.2 Å². The third kappa shape index (κ3) is 5.35. The maximum atomic E-state index is 12.9.